The standard InChI is InChI=1S/C13H17FN6O5/c14-9-10(22)13(7-21,17-18-15)25-11(9)20-2-1-8(16-12(20)23)19-3-5-24-6-4-19/h1-2,9-11,21-22H,3-7H2/t9-,10-,11+,13+/m0/s1. The molecule has 0 unspecified atom stereocenters. The fraction of sp³-hybridized carbons (Fsp3) is 0.692. The van der Waals surface area contributed by atoms with Gasteiger partial charge < -0.3 is 24.6 Å². The lowest BCUT2D eigenvalue weighted by molar-refractivity contribution is -0.124. The molecular weight excluding hydrogens is 339 g/mol. The van der Waals surface area contributed by atoms with Crippen molar-refractivity contribution in [2.45, 2.75) is 24.2 Å². The molecule has 3 heterocycles. The molecule has 2 N–H and O–H groups in total. The number of azide groups is 1. The number of hydrogen-bond acceptors (Lipinski definition) is 8. The van der Waals surface area contributed by atoms with Crippen molar-refractivity contribution in [1.29, 1.82) is 0 Å². The van der Waals surface area contributed by atoms with E-state index in [-0.39, 0.29) is 0 Å². The van der Waals surface area contributed by atoms with E-state index < -0.39 is 36.5 Å². The fourth-order valence-electron chi connectivity index (χ4n) is 2.85. The summed E-state index contributed by atoms with van der Waals surface area (Å²) in [6.45, 7) is 1.24. The van der Waals surface area contributed by atoms with Crippen LogP contribution in [-0.2, 0) is 9.47 Å². The molecule has 2 saturated heterocycles. The van der Waals surface area contributed by atoms with E-state index in [0.717, 1.165) is 4.57 Å². The third kappa shape index (κ3) is 3.05. The molecule has 0 saturated carbocycles. The highest BCUT2D eigenvalue weighted by atomic mass is 19.1. The van der Waals surface area contributed by atoms with Gasteiger partial charge in [-0.2, -0.15) is 4.98 Å². The SMILES string of the molecule is [N-]=[N+]=N[C@]1(CO)O[C@@H](n2ccc(N3CCOCC3)nc2=O)[C@@H](F)[C@@H]1O. The van der Waals surface area contributed by atoms with Crippen molar-refractivity contribution in [2.24, 2.45) is 5.11 Å². The number of anilines is 1. The number of halogens is 1. The third-order valence-electron chi connectivity index (χ3n) is 4.23. The molecule has 11 nitrogen and oxygen atoms in total. The van der Waals surface area contributed by atoms with Crippen molar-refractivity contribution < 1.29 is 24.1 Å². The highest BCUT2D eigenvalue weighted by Gasteiger charge is 2.56. The molecule has 4 atom stereocenters. The number of hydrogen-bond donors (Lipinski definition) is 2. The predicted octanol–water partition coefficient (Wildman–Crippen LogP) is -0.693. The van der Waals surface area contributed by atoms with E-state index in [9.17, 15) is 19.4 Å². The summed E-state index contributed by atoms with van der Waals surface area (Å²) in [5, 5.41) is 22.4. The second kappa shape index (κ2) is 6.94. The molecule has 2 aliphatic rings. The van der Waals surface area contributed by atoms with Crippen LogP contribution in [0.3, 0.4) is 0 Å². The average molecular weight is 356 g/mol. The van der Waals surface area contributed by atoms with Gasteiger partial charge in [0, 0.05) is 24.2 Å². The quantitative estimate of drug-likeness (QED) is 0.412. The Balaban J connectivity index is 1.89. The zero-order valence-electron chi connectivity index (χ0n) is 13.1. The summed E-state index contributed by atoms with van der Waals surface area (Å²) in [6, 6.07) is 1.52. The molecule has 25 heavy (non-hydrogen) atoms. The molecule has 0 aromatic carbocycles. The van der Waals surface area contributed by atoms with E-state index in [1.165, 1.54) is 12.3 Å². The van der Waals surface area contributed by atoms with Gasteiger partial charge in [0.2, 0.25) is 5.72 Å². The predicted molar refractivity (Wildman–Crippen MR) is 81.5 cm³/mol. The van der Waals surface area contributed by atoms with E-state index in [0.29, 0.717) is 32.1 Å². The molecule has 0 aliphatic carbocycles. The second-order valence-electron chi connectivity index (χ2n) is 5.67. The number of alkyl halides is 1. The Labute approximate surface area is 140 Å². The number of aliphatic hydroxyl groups is 2. The summed E-state index contributed by atoms with van der Waals surface area (Å²) in [6.07, 6.45) is -4.31. The second-order valence-corrected chi connectivity index (χ2v) is 5.67. The van der Waals surface area contributed by atoms with Crippen molar-refractivity contribution in [1.82, 2.24) is 9.55 Å². The number of rotatable bonds is 4. The molecule has 0 spiro atoms. The first-order chi connectivity index (χ1) is 12.0. The molecule has 12 heteroatoms. The van der Waals surface area contributed by atoms with Crippen LogP contribution in [0.5, 0.6) is 0 Å². The fourth-order valence-corrected chi connectivity index (χ4v) is 2.85. The molecule has 3 rings (SSSR count). The van der Waals surface area contributed by atoms with Crippen molar-refractivity contribution in [3.05, 3.63) is 33.2 Å². The lowest BCUT2D eigenvalue weighted by Crippen LogP contribution is -2.43. The maximum Gasteiger partial charge on any atom is 0.351 e. The van der Waals surface area contributed by atoms with Gasteiger partial charge in [0.1, 0.15) is 11.9 Å². The summed E-state index contributed by atoms with van der Waals surface area (Å²) in [5.41, 5.74) is 5.57. The van der Waals surface area contributed by atoms with Gasteiger partial charge in [0.05, 0.1) is 19.8 Å². The van der Waals surface area contributed by atoms with Gasteiger partial charge in [-0.3, -0.25) is 4.57 Å². The molecule has 1 aromatic heterocycles. The number of aromatic nitrogens is 2. The van der Waals surface area contributed by atoms with Gasteiger partial charge >= 0.3 is 5.69 Å². The van der Waals surface area contributed by atoms with Crippen molar-refractivity contribution in [2.75, 3.05) is 37.8 Å². The number of nitrogens with zero attached hydrogens (tertiary/aromatic N) is 6. The van der Waals surface area contributed by atoms with Crippen LogP contribution >= 0.6 is 0 Å². The van der Waals surface area contributed by atoms with Gasteiger partial charge in [-0.15, -0.1) is 0 Å². The average Bonchev–Trinajstić information content (AvgIpc) is 2.88. The Bertz CT molecular complexity index is 734. The minimum Gasteiger partial charge on any atom is -0.393 e. The highest BCUT2D eigenvalue weighted by molar-refractivity contribution is 5.37. The van der Waals surface area contributed by atoms with Crippen LogP contribution in [0, 0.1) is 0 Å². The molecule has 1 aromatic rings. The minimum atomic E-state index is -2.19. The largest absolute Gasteiger partial charge is 0.393 e. The summed E-state index contributed by atoms with van der Waals surface area (Å²) < 4.78 is 25.7. The van der Waals surface area contributed by atoms with Crippen molar-refractivity contribution >= 4 is 5.82 Å². The van der Waals surface area contributed by atoms with Crippen LogP contribution in [0.15, 0.2) is 22.2 Å². The Morgan fingerprint density at radius 2 is 2.24 bits per heavy atom. The maximum absolute atomic E-state index is 14.4. The molecule has 2 fully saturated rings. The summed E-state index contributed by atoms with van der Waals surface area (Å²) in [4.78, 5) is 20.5. The normalized spacial score (nSPS) is 32.4. The number of ether oxygens (including phenoxy) is 2. The van der Waals surface area contributed by atoms with Gasteiger partial charge in [-0.05, 0) is 11.6 Å². The van der Waals surface area contributed by atoms with Gasteiger partial charge in [-0.1, -0.05) is 5.11 Å². The molecule has 136 valence electrons. The van der Waals surface area contributed by atoms with Crippen molar-refractivity contribution in [3.8, 4) is 0 Å². The lowest BCUT2D eigenvalue weighted by Gasteiger charge is -2.28. The number of aliphatic hydroxyl groups excluding tert-OH is 2. The molecule has 0 bridgehead atoms. The number of morpholine rings is 1. The first kappa shape index (κ1) is 17.6. The van der Waals surface area contributed by atoms with Gasteiger partial charge in [0.15, 0.2) is 12.4 Å². The summed E-state index contributed by atoms with van der Waals surface area (Å²) in [7, 11) is 0. The van der Waals surface area contributed by atoms with Crippen LogP contribution in [0.1, 0.15) is 6.23 Å². The van der Waals surface area contributed by atoms with Crippen LogP contribution in [0.4, 0.5) is 10.2 Å². The van der Waals surface area contributed by atoms with E-state index in [1.807, 2.05) is 4.90 Å². The maximum atomic E-state index is 14.4. The van der Waals surface area contributed by atoms with E-state index in [1.54, 1.807) is 0 Å². The minimum absolute atomic E-state index is 0.418. The first-order valence-corrected chi connectivity index (χ1v) is 7.61. The zero-order chi connectivity index (χ0) is 18.0. The Morgan fingerprint density at radius 1 is 1.52 bits per heavy atom. The smallest absolute Gasteiger partial charge is 0.351 e. The molecule has 2 aliphatic heterocycles. The monoisotopic (exact) mass is 356 g/mol. The van der Waals surface area contributed by atoms with Crippen molar-refractivity contribution in [3.63, 3.8) is 0 Å². The molecule has 0 amide bonds. The Morgan fingerprint density at radius 3 is 2.84 bits per heavy atom. The topological polar surface area (TPSA) is 146 Å². The third-order valence-corrected chi connectivity index (χ3v) is 4.23. The molecular formula is C13H17FN6O5. The Hall–Kier alpha value is -2.24. The van der Waals surface area contributed by atoms with Crippen LogP contribution in [-0.4, -0.2) is 70.7 Å². The lowest BCUT2D eigenvalue weighted by atomic mass is 10.1. The van der Waals surface area contributed by atoms with Crippen LogP contribution in [0.2, 0.25) is 0 Å². The first-order valence-electron chi connectivity index (χ1n) is 7.61. The Kier molecular flexibility index (Phi) is 4.88. The van der Waals surface area contributed by atoms with Crippen LogP contribution in [0.25, 0.3) is 10.4 Å². The zero-order valence-corrected chi connectivity index (χ0v) is 13.1. The van der Waals surface area contributed by atoms with E-state index in [2.05, 4.69) is 15.0 Å². The molecule has 0 radical (unpaired) electrons. The van der Waals surface area contributed by atoms with Gasteiger partial charge in [-0.25, -0.2) is 9.18 Å². The van der Waals surface area contributed by atoms with Crippen LogP contribution < -0.4 is 10.6 Å². The van der Waals surface area contributed by atoms with E-state index in [4.69, 9.17) is 15.0 Å². The highest BCUT2D eigenvalue weighted by Crippen LogP contribution is 2.39. The van der Waals surface area contributed by atoms with E-state index >= 15 is 0 Å². The van der Waals surface area contributed by atoms with Gasteiger partial charge in [0.25, 0.3) is 0 Å². The summed E-state index contributed by atoms with van der Waals surface area (Å²) in [5.74, 6) is 0.418. The summed E-state index contributed by atoms with van der Waals surface area (Å²) >= 11 is 0.